The molecule has 1 aromatic carbocycles. The van der Waals surface area contributed by atoms with Crippen molar-refractivity contribution >= 4 is 34.4 Å². The molecule has 0 radical (unpaired) electrons. The van der Waals surface area contributed by atoms with E-state index in [1.54, 1.807) is 13.1 Å². The molecule has 0 atom stereocenters. The second-order valence-electron chi connectivity index (χ2n) is 5.82. The minimum Gasteiger partial charge on any atom is -0.465 e. The number of nitrogens with two attached hydrogens (primary N) is 1. The highest BCUT2D eigenvalue weighted by atomic mass is 16.4. The SMILES string of the molecule is CCN(C(=O)O)c1cc(N)c2nc(CN(C)c3ccccc3)cnc2n1. The summed E-state index contributed by atoms with van der Waals surface area (Å²) in [4.78, 5) is 27.6. The van der Waals surface area contributed by atoms with Gasteiger partial charge in [0.15, 0.2) is 5.65 Å². The number of hydrogen-bond donors (Lipinski definition) is 2. The van der Waals surface area contributed by atoms with Gasteiger partial charge in [0.25, 0.3) is 0 Å². The van der Waals surface area contributed by atoms with Crippen LogP contribution < -0.4 is 15.5 Å². The number of carbonyl (C=O) groups is 1. The van der Waals surface area contributed by atoms with Crippen LogP contribution in [0.4, 0.5) is 22.0 Å². The van der Waals surface area contributed by atoms with E-state index in [9.17, 15) is 9.90 Å². The maximum Gasteiger partial charge on any atom is 0.413 e. The Balaban J connectivity index is 1.92. The van der Waals surface area contributed by atoms with Gasteiger partial charge in [-0.05, 0) is 19.1 Å². The Morgan fingerprint density at radius 3 is 2.62 bits per heavy atom. The Hall–Kier alpha value is -3.42. The van der Waals surface area contributed by atoms with Crippen molar-refractivity contribution < 1.29 is 9.90 Å². The van der Waals surface area contributed by atoms with E-state index in [0.717, 1.165) is 16.3 Å². The van der Waals surface area contributed by atoms with Gasteiger partial charge >= 0.3 is 6.09 Å². The number of fused-ring (bicyclic) bond motifs is 1. The van der Waals surface area contributed by atoms with Gasteiger partial charge in [0.05, 0.1) is 24.1 Å². The molecule has 0 saturated carbocycles. The molecule has 1 amide bonds. The zero-order valence-electron chi connectivity index (χ0n) is 14.6. The van der Waals surface area contributed by atoms with E-state index < -0.39 is 6.09 Å². The Labute approximate surface area is 150 Å². The summed E-state index contributed by atoms with van der Waals surface area (Å²) in [6.45, 7) is 2.55. The number of aromatic nitrogens is 3. The molecule has 0 aliphatic rings. The second kappa shape index (κ2) is 7.22. The minimum atomic E-state index is -1.09. The van der Waals surface area contributed by atoms with Crippen molar-refractivity contribution in [2.45, 2.75) is 13.5 Å². The number of pyridine rings is 1. The molecule has 134 valence electrons. The fourth-order valence-electron chi connectivity index (χ4n) is 2.67. The Bertz CT molecular complexity index is 932. The minimum absolute atomic E-state index is 0.244. The van der Waals surface area contributed by atoms with E-state index in [0.29, 0.717) is 23.4 Å². The number of carboxylic acid groups (broad SMARTS) is 1. The average molecular weight is 352 g/mol. The number of benzene rings is 1. The highest BCUT2D eigenvalue weighted by Crippen LogP contribution is 2.23. The lowest BCUT2D eigenvalue weighted by atomic mass is 10.2. The van der Waals surface area contributed by atoms with Crippen molar-refractivity contribution in [1.82, 2.24) is 15.0 Å². The van der Waals surface area contributed by atoms with Crippen LogP contribution in [0.2, 0.25) is 0 Å². The van der Waals surface area contributed by atoms with Crippen molar-refractivity contribution in [3.8, 4) is 0 Å². The van der Waals surface area contributed by atoms with Crippen LogP contribution >= 0.6 is 0 Å². The summed E-state index contributed by atoms with van der Waals surface area (Å²) in [6.07, 6.45) is 0.544. The van der Waals surface area contributed by atoms with Crippen molar-refractivity contribution in [2.24, 2.45) is 0 Å². The molecular formula is C18H20N6O2. The molecule has 8 nitrogen and oxygen atoms in total. The van der Waals surface area contributed by atoms with Crippen LogP contribution in [0.5, 0.6) is 0 Å². The molecule has 3 aromatic rings. The van der Waals surface area contributed by atoms with Crippen LogP contribution in [0.25, 0.3) is 11.2 Å². The van der Waals surface area contributed by atoms with Gasteiger partial charge in [-0.15, -0.1) is 0 Å². The molecule has 26 heavy (non-hydrogen) atoms. The van der Waals surface area contributed by atoms with Gasteiger partial charge in [0.2, 0.25) is 0 Å². The van der Waals surface area contributed by atoms with Crippen LogP contribution in [0.15, 0.2) is 42.6 Å². The van der Waals surface area contributed by atoms with Crippen molar-refractivity contribution in [3.63, 3.8) is 0 Å². The van der Waals surface area contributed by atoms with Crippen LogP contribution in [-0.2, 0) is 6.54 Å². The molecule has 2 aromatic heterocycles. The predicted octanol–water partition coefficient (Wildman–Crippen LogP) is 2.75. The number of hydrogen-bond acceptors (Lipinski definition) is 6. The zero-order valence-corrected chi connectivity index (χ0v) is 14.6. The van der Waals surface area contributed by atoms with Gasteiger partial charge in [0, 0.05) is 25.3 Å². The van der Waals surface area contributed by atoms with E-state index >= 15 is 0 Å². The van der Waals surface area contributed by atoms with Crippen LogP contribution in [0, 0.1) is 0 Å². The molecule has 2 heterocycles. The van der Waals surface area contributed by atoms with E-state index in [1.165, 1.54) is 6.07 Å². The smallest absolute Gasteiger partial charge is 0.413 e. The number of nitrogens with zero attached hydrogens (tertiary/aromatic N) is 5. The summed E-state index contributed by atoms with van der Waals surface area (Å²) in [5.41, 5.74) is 9.04. The van der Waals surface area contributed by atoms with Gasteiger partial charge < -0.3 is 15.7 Å². The van der Waals surface area contributed by atoms with Crippen molar-refractivity contribution in [1.29, 1.82) is 0 Å². The topological polar surface area (TPSA) is 108 Å². The largest absolute Gasteiger partial charge is 0.465 e. The molecule has 3 rings (SSSR count). The van der Waals surface area contributed by atoms with Gasteiger partial charge in [-0.2, -0.15) is 0 Å². The van der Waals surface area contributed by atoms with Crippen molar-refractivity contribution in [3.05, 3.63) is 48.3 Å². The Morgan fingerprint density at radius 1 is 1.23 bits per heavy atom. The second-order valence-corrected chi connectivity index (χ2v) is 5.82. The first kappa shape index (κ1) is 17.4. The summed E-state index contributed by atoms with van der Waals surface area (Å²) < 4.78 is 0. The average Bonchev–Trinajstić information content (AvgIpc) is 2.63. The maximum atomic E-state index is 11.3. The highest BCUT2D eigenvalue weighted by Gasteiger charge is 2.17. The molecule has 0 unspecified atom stereocenters. The maximum absolute atomic E-state index is 11.3. The monoisotopic (exact) mass is 352 g/mol. The third kappa shape index (κ3) is 3.49. The van der Waals surface area contributed by atoms with Gasteiger partial charge in [0.1, 0.15) is 11.3 Å². The first-order valence-corrected chi connectivity index (χ1v) is 8.18. The summed E-state index contributed by atoms with van der Waals surface area (Å²) in [7, 11) is 1.97. The first-order chi connectivity index (χ1) is 12.5. The van der Waals surface area contributed by atoms with Crippen LogP contribution in [-0.4, -0.2) is 39.7 Å². The van der Waals surface area contributed by atoms with Gasteiger partial charge in [-0.3, -0.25) is 4.90 Å². The summed E-state index contributed by atoms with van der Waals surface area (Å²) in [6, 6.07) is 11.5. The molecule has 3 N–H and O–H groups in total. The number of nitrogen functional groups attached to an aromatic ring is 1. The van der Waals surface area contributed by atoms with E-state index in [1.807, 2.05) is 37.4 Å². The quantitative estimate of drug-likeness (QED) is 0.726. The van der Waals surface area contributed by atoms with E-state index in [4.69, 9.17) is 5.73 Å². The lowest BCUT2D eigenvalue weighted by molar-refractivity contribution is 0.202. The lowest BCUT2D eigenvalue weighted by Crippen LogP contribution is -2.29. The lowest BCUT2D eigenvalue weighted by Gasteiger charge is -2.19. The van der Waals surface area contributed by atoms with Gasteiger partial charge in [-0.25, -0.2) is 19.7 Å². The zero-order chi connectivity index (χ0) is 18.7. The van der Waals surface area contributed by atoms with Crippen LogP contribution in [0.1, 0.15) is 12.6 Å². The highest BCUT2D eigenvalue weighted by molar-refractivity contribution is 5.91. The molecule has 8 heteroatoms. The van der Waals surface area contributed by atoms with E-state index in [-0.39, 0.29) is 12.4 Å². The summed E-state index contributed by atoms with van der Waals surface area (Å²) in [5, 5.41) is 9.24. The molecule has 0 aliphatic carbocycles. The standard InChI is InChI=1S/C18H20N6O2/c1-3-24(18(25)26)15-9-14(19)16-17(22-15)20-10-12(21-16)11-23(2)13-7-5-4-6-8-13/h4-10H,3,11H2,1-2H3,(H,25,26)(H2,19,20,22). The Kier molecular flexibility index (Phi) is 4.83. The number of para-hydroxylation sites is 1. The summed E-state index contributed by atoms with van der Waals surface area (Å²) in [5.74, 6) is 0.244. The molecule has 0 saturated heterocycles. The van der Waals surface area contributed by atoms with Crippen LogP contribution in [0.3, 0.4) is 0 Å². The Morgan fingerprint density at radius 2 is 1.96 bits per heavy atom. The first-order valence-electron chi connectivity index (χ1n) is 8.18. The molecular weight excluding hydrogens is 332 g/mol. The number of amides is 1. The van der Waals surface area contributed by atoms with E-state index in [2.05, 4.69) is 19.9 Å². The fourth-order valence-corrected chi connectivity index (χ4v) is 2.67. The molecule has 0 spiro atoms. The fraction of sp³-hybridized carbons (Fsp3) is 0.222. The molecule has 0 bridgehead atoms. The molecule has 0 aliphatic heterocycles. The molecule has 0 fully saturated rings. The number of rotatable bonds is 5. The normalized spacial score (nSPS) is 10.7. The third-order valence-electron chi connectivity index (χ3n) is 4.00. The third-order valence-corrected chi connectivity index (χ3v) is 4.00. The number of anilines is 3. The van der Waals surface area contributed by atoms with Crippen molar-refractivity contribution in [2.75, 3.05) is 29.1 Å². The predicted molar refractivity (Wildman–Crippen MR) is 101 cm³/mol. The summed E-state index contributed by atoms with van der Waals surface area (Å²) >= 11 is 0. The van der Waals surface area contributed by atoms with Gasteiger partial charge in [-0.1, -0.05) is 18.2 Å².